The lowest BCUT2D eigenvalue weighted by atomic mass is 9.88. The smallest absolute Gasteiger partial charge is 0.247 e. The van der Waals surface area contributed by atoms with E-state index in [0.29, 0.717) is 23.2 Å². The van der Waals surface area contributed by atoms with Crippen molar-refractivity contribution >= 4 is 23.1 Å². The highest BCUT2D eigenvalue weighted by Gasteiger charge is 2.19. The van der Waals surface area contributed by atoms with Gasteiger partial charge in [0.05, 0.1) is 0 Å². The fourth-order valence-electron chi connectivity index (χ4n) is 3.94. The van der Waals surface area contributed by atoms with Crippen molar-refractivity contribution in [3.05, 3.63) is 72.3 Å². The number of carbonyl (C=O) groups is 1. The number of piperidine rings is 1. The Bertz CT molecular complexity index is 1100. The van der Waals surface area contributed by atoms with Gasteiger partial charge in [-0.2, -0.15) is 0 Å². The van der Waals surface area contributed by atoms with Crippen molar-refractivity contribution in [1.82, 2.24) is 15.1 Å². The highest BCUT2D eigenvalue weighted by atomic mass is 16.5. The largest absolute Gasteiger partial charge is 0.437 e. The molecule has 3 aromatic rings. The second-order valence-electron chi connectivity index (χ2n) is 8.22. The molecular weight excluding hydrogens is 402 g/mol. The number of carbonyl (C=O) groups excluding carboxylic acids is 1. The van der Waals surface area contributed by atoms with Crippen molar-refractivity contribution in [2.45, 2.75) is 25.7 Å². The van der Waals surface area contributed by atoms with E-state index >= 15 is 0 Å². The summed E-state index contributed by atoms with van der Waals surface area (Å²) in [6.07, 6.45) is 3.65. The maximum Gasteiger partial charge on any atom is 0.247 e. The zero-order valence-electron chi connectivity index (χ0n) is 18.5. The van der Waals surface area contributed by atoms with Crippen LogP contribution in [0.4, 0.5) is 17.2 Å². The predicted molar refractivity (Wildman–Crippen MR) is 128 cm³/mol. The fourth-order valence-corrected chi connectivity index (χ4v) is 3.94. The lowest BCUT2D eigenvalue weighted by molar-refractivity contribution is -0.111. The minimum absolute atomic E-state index is 0.273. The molecule has 7 heteroatoms. The Balaban J connectivity index is 1.39. The van der Waals surface area contributed by atoms with Crippen LogP contribution in [0.15, 0.2) is 61.2 Å². The van der Waals surface area contributed by atoms with Crippen LogP contribution in [-0.2, 0) is 4.79 Å². The number of benzene rings is 2. The van der Waals surface area contributed by atoms with Crippen LogP contribution in [0.25, 0.3) is 0 Å². The summed E-state index contributed by atoms with van der Waals surface area (Å²) in [5.74, 6) is 2.11. The normalized spacial score (nSPS) is 14.7. The molecule has 1 amide bonds. The fraction of sp³-hybridized carbons (Fsp3) is 0.280. The number of nitrogens with one attached hydrogen (secondary N) is 3. The molecule has 1 aliphatic rings. The van der Waals surface area contributed by atoms with Crippen LogP contribution in [0, 0.1) is 6.92 Å². The molecule has 1 aromatic heterocycles. The van der Waals surface area contributed by atoms with Gasteiger partial charge in [-0.3, -0.25) is 9.89 Å². The third kappa shape index (κ3) is 5.36. The molecule has 0 spiro atoms. The van der Waals surface area contributed by atoms with E-state index in [2.05, 4.69) is 64.5 Å². The molecule has 1 aliphatic heterocycles. The van der Waals surface area contributed by atoms with E-state index in [1.807, 2.05) is 0 Å². The molecular formula is C25H29N5O2. The van der Waals surface area contributed by atoms with Gasteiger partial charge in [0.1, 0.15) is 11.6 Å². The lowest BCUT2D eigenvalue weighted by Crippen LogP contribution is -2.29. The van der Waals surface area contributed by atoms with Crippen molar-refractivity contribution < 1.29 is 9.53 Å². The molecule has 2 heterocycles. The summed E-state index contributed by atoms with van der Waals surface area (Å²) in [6.45, 7) is 7.89. The molecule has 32 heavy (non-hydrogen) atoms. The molecule has 0 unspecified atom stereocenters. The molecule has 2 aromatic carbocycles. The number of aromatic amines is 1. The lowest BCUT2D eigenvalue weighted by Gasteiger charge is -2.29. The summed E-state index contributed by atoms with van der Waals surface area (Å²) >= 11 is 0. The van der Waals surface area contributed by atoms with Crippen LogP contribution < -0.4 is 15.4 Å². The van der Waals surface area contributed by atoms with Crippen LogP contribution in [-0.4, -0.2) is 41.1 Å². The van der Waals surface area contributed by atoms with E-state index in [1.165, 1.54) is 30.0 Å². The number of amides is 1. The number of hydrogen-bond donors (Lipinski definition) is 3. The van der Waals surface area contributed by atoms with Crippen molar-refractivity contribution in [2.75, 3.05) is 30.8 Å². The van der Waals surface area contributed by atoms with E-state index in [4.69, 9.17) is 4.74 Å². The standard InChI is InChI=1S/C25H29N5O2/c1-4-24(31)26-20-6-5-7-21(15-20)32-25-16-23(28-29-25)27-22-9-8-19(14-17(22)2)18-10-12-30(3)13-11-18/h4-9,14-16,18H,1,10-13H2,2-3H3,(H,26,31)(H2,27,28,29). The molecule has 0 radical (unpaired) electrons. The molecule has 1 fully saturated rings. The van der Waals surface area contributed by atoms with Crippen molar-refractivity contribution in [3.8, 4) is 11.6 Å². The number of hydrogen-bond acceptors (Lipinski definition) is 5. The number of aryl methyl sites for hydroxylation is 1. The topological polar surface area (TPSA) is 82.3 Å². The van der Waals surface area contributed by atoms with Gasteiger partial charge in [0.2, 0.25) is 11.8 Å². The first-order valence-electron chi connectivity index (χ1n) is 10.8. The van der Waals surface area contributed by atoms with Gasteiger partial charge < -0.3 is 20.3 Å². The minimum Gasteiger partial charge on any atom is -0.437 e. The second-order valence-corrected chi connectivity index (χ2v) is 8.22. The Morgan fingerprint density at radius 3 is 2.78 bits per heavy atom. The van der Waals surface area contributed by atoms with E-state index in [9.17, 15) is 4.79 Å². The minimum atomic E-state index is -0.273. The third-order valence-electron chi connectivity index (χ3n) is 5.77. The highest BCUT2D eigenvalue weighted by Crippen LogP contribution is 2.31. The Kier molecular flexibility index (Phi) is 6.56. The van der Waals surface area contributed by atoms with E-state index < -0.39 is 0 Å². The zero-order chi connectivity index (χ0) is 22.5. The van der Waals surface area contributed by atoms with E-state index in [-0.39, 0.29) is 5.91 Å². The van der Waals surface area contributed by atoms with E-state index in [1.54, 1.807) is 30.3 Å². The Morgan fingerprint density at radius 1 is 1.22 bits per heavy atom. The average molecular weight is 432 g/mol. The van der Waals surface area contributed by atoms with Gasteiger partial charge in [0.15, 0.2) is 0 Å². The van der Waals surface area contributed by atoms with Gasteiger partial charge in [-0.05, 0) is 81.2 Å². The Morgan fingerprint density at radius 2 is 2.03 bits per heavy atom. The molecule has 3 N–H and O–H groups in total. The number of aromatic nitrogens is 2. The molecule has 0 aliphatic carbocycles. The summed E-state index contributed by atoms with van der Waals surface area (Å²) in [5, 5.41) is 13.3. The first kappa shape index (κ1) is 21.6. The van der Waals surface area contributed by atoms with Gasteiger partial charge in [0.25, 0.3) is 0 Å². The van der Waals surface area contributed by atoms with Gasteiger partial charge in [-0.1, -0.05) is 24.8 Å². The third-order valence-corrected chi connectivity index (χ3v) is 5.77. The summed E-state index contributed by atoms with van der Waals surface area (Å²) < 4.78 is 5.83. The number of nitrogens with zero attached hydrogens (tertiary/aromatic N) is 2. The molecule has 7 nitrogen and oxygen atoms in total. The first-order valence-corrected chi connectivity index (χ1v) is 10.8. The summed E-state index contributed by atoms with van der Waals surface area (Å²) in [7, 11) is 2.19. The Hall–Kier alpha value is -3.58. The number of likely N-dealkylation sites (tertiary alicyclic amines) is 1. The van der Waals surface area contributed by atoms with Crippen LogP contribution >= 0.6 is 0 Å². The quantitative estimate of drug-likeness (QED) is 0.449. The van der Waals surface area contributed by atoms with Gasteiger partial charge in [0, 0.05) is 23.5 Å². The van der Waals surface area contributed by atoms with Crippen LogP contribution in [0.1, 0.15) is 29.9 Å². The van der Waals surface area contributed by atoms with Gasteiger partial charge in [-0.25, -0.2) is 0 Å². The molecule has 0 saturated carbocycles. The van der Waals surface area contributed by atoms with Crippen LogP contribution in [0.5, 0.6) is 11.6 Å². The van der Waals surface area contributed by atoms with Crippen molar-refractivity contribution in [1.29, 1.82) is 0 Å². The van der Waals surface area contributed by atoms with Crippen LogP contribution in [0.2, 0.25) is 0 Å². The number of ether oxygens (including phenoxy) is 1. The monoisotopic (exact) mass is 431 g/mol. The zero-order valence-corrected chi connectivity index (χ0v) is 18.5. The number of rotatable bonds is 7. The number of anilines is 3. The van der Waals surface area contributed by atoms with Gasteiger partial charge >= 0.3 is 0 Å². The number of H-pyrrole nitrogens is 1. The van der Waals surface area contributed by atoms with Crippen molar-refractivity contribution in [3.63, 3.8) is 0 Å². The van der Waals surface area contributed by atoms with Crippen LogP contribution in [0.3, 0.4) is 0 Å². The Labute approximate surface area is 188 Å². The molecule has 0 bridgehead atoms. The van der Waals surface area contributed by atoms with E-state index in [0.717, 1.165) is 24.6 Å². The summed E-state index contributed by atoms with van der Waals surface area (Å²) in [6, 6.07) is 15.6. The molecule has 0 atom stereocenters. The maximum absolute atomic E-state index is 11.5. The molecule has 1 saturated heterocycles. The maximum atomic E-state index is 11.5. The predicted octanol–water partition coefficient (Wildman–Crippen LogP) is 5.19. The summed E-state index contributed by atoms with van der Waals surface area (Å²) in [4.78, 5) is 13.9. The second kappa shape index (κ2) is 9.70. The SMILES string of the molecule is C=CC(=O)Nc1cccc(Oc2cc(Nc3ccc(C4CCN(C)CC4)cc3C)[nH]n2)c1. The average Bonchev–Trinajstić information content (AvgIpc) is 3.22. The molecule has 4 rings (SSSR count). The molecule has 166 valence electrons. The highest BCUT2D eigenvalue weighted by molar-refractivity contribution is 5.98. The summed E-state index contributed by atoms with van der Waals surface area (Å²) in [5.41, 5.74) is 4.27. The van der Waals surface area contributed by atoms with Crippen molar-refractivity contribution in [2.24, 2.45) is 0 Å². The van der Waals surface area contributed by atoms with Gasteiger partial charge in [-0.15, -0.1) is 5.10 Å². The first-order chi connectivity index (χ1) is 15.5.